The van der Waals surface area contributed by atoms with E-state index in [9.17, 15) is 0 Å². The van der Waals surface area contributed by atoms with Crippen LogP contribution in [0.1, 0.15) is 0 Å². The van der Waals surface area contributed by atoms with Gasteiger partial charge in [0.15, 0.2) is 0 Å². The fraction of sp³-hybridized carbons (Fsp3) is 0. The molecular formula is C52H32N2S. The van der Waals surface area contributed by atoms with Gasteiger partial charge in [0.2, 0.25) is 0 Å². The van der Waals surface area contributed by atoms with Gasteiger partial charge < -0.3 is 0 Å². The third-order valence-corrected chi connectivity index (χ3v) is 11.9. The Morgan fingerprint density at radius 3 is 1.36 bits per heavy atom. The Bertz CT molecular complexity index is 3220. The summed E-state index contributed by atoms with van der Waals surface area (Å²) in [7, 11) is 0. The lowest BCUT2D eigenvalue weighted by molar-refractivity contribution is 1.32. The zero-order valence-electron chi connectivity index (χ0n) is 29.8. The molecule has 9 aromatic carbocycles. The molecule has 0 atom stereocenters. The molecule has 0 radical (unpaired) electrons. The summed E-state index contributed by atoms with van der Waals surface area (Å²) in [5, 5.41) is 8.78. The van der Waals surface area contributed by atoms with Crippen LogP contribution < -0.4 is 0 Å². The highest BCUT2D eigenvalue weighted by molar-refractivity contribution is 7.25. The molecule has 0 N–H and O–H groups in total. The number of fused-ring (bicyclic) bond motifs is 9. The molecule has 2 nitrogen and oxygen atoms in total. The van der Waals surface area contributed by atoms with Gasteiger partial charge in [0.25, 0.3) is 0 Å². The lowest BCUT2D eigenvalue weighted by atomic mass is 9.91. The summed E-state index contributed by atoms with van der Waals surface area (Å²) in [6.45, 7) is 0. The fourth-order valence-corrected chi connectivity index (χ4v) is 9.19. The van der Waals surface area contributed by atoms with Crippen molar-refractivity contribution < 1.29 is 0 Å². The average molecular weight is 717 g/mol. The molecule has 0 aliphatic carbocycles. The van der Waals surface area contributed by atoms with Crippen LogP contribution in [0, 0.1) is 0 Å². The maximum absolute atomic E-state index is 5.52. The topological polar surface area (TPSA) is 25.8 Å². The van der Waals surface area contributed by atoms with Gasteiger partial charge in [-0.05, 0) is 96.0 Å². The molecule has 11 rings (SSSR count). The summed E-state index contributed by atoms with van der Waals surface area (Å²) in [6.07, 6.45) is 0. The number of rotatable bonds is 5. The van der Waals surface area contributed by atoms with E-state index in [0.717, 1.165) is 43.8 Å². The number of hydrogen-bond donors (Lipinski definition) is 0. The summed E-state index contributed by atoms with van der Waals surface area (Å²) in [6, 6.07) is 69.8. The summed E-state index contributed by atoms with van der Waals surface area (Å²) >= 11 is 1.71. The van der Waals surface area contributed by atoms with Gasteiger partial charge in [-0.2, -0.15) is 0 Å². The molecule has 0 spiro atoms. The molecule has 0 saturated carbocycles. The summed E-state index contributed by atoms with van der Waals surface area (Å²) in [5.74, 6) is 0. The van der Waals surface area contributed by atoms with Crippen molar-refractivity contribution in [2.24, 2.45) is 0 Å². The van der Waals surface area contributed by atoms with Crippen LogP contribution in [0.15, 0.2) is 194 Å². The highest BCUT2D eigenvalue weighted by Crippen LogP contribution is 2.41. The van der Waals surface area contributed by atoms with E-state index in [4.69, 9.17) is 9.97 Å². The van der Waals surface area contributed by atoms with Crippen LogP contribution in [0.4, 0.5) is 0 Å². The van der Waals surface area contributed by atoms with Gasteiger partial charge in [0.05, 0.1) is 11.4 Å². The van der Waals surface area contributed by atoms with Gasteiger partial charge in [-0.15, -0.1) is 11.3 Å². The van der Waals surface area contributed by atoms with E-state index in [-0.39, 0.29) is 0 Å². The van der Waals surface area contributed by atoms with E-state index in [1.807, 2.05) is 0 Å². The maximum Gasteiger partial charge on any atom is 0.143 e. The summed E-state index contributed by atoms with van der Waals surface area (Å²) < 4.78 is 1.18. The number of nitrogens with zero attached hydrogens (tertiary/aromatic N) is 2. The zero-order chi connectivity index (χ0) is 36.3. The van der Waals surface area contributed by atoms with Crippen LogP contribution in [0.3, 0.4) is 0 Å². The minimum atomic E-state index is 0.883. The largest absolute Gasteiger partial charge is 0.242 e. The fourth-order valence-electron chi connectivity index (χ4n) is 8.20. The van der Waals surface area contributed by atoms with Crippen molar-refractivity contribution >= 4 is 64.1 Å². The molecular weight excluding hydrogens is 685 g/mol. The van der Waals surface area contributed by atoms with E-state index < -0.39 is 0 Å². The van der Waals surface area contributed by atoms with Crippen molar-refractivity contribution in [3.63, 3.8) is 0 Å². The number of aromatic nitrogens is 2. The predicted octanol–water partition coefficient (Wildman–Crippen LogP) is 14.6. The van der Waals surface area contributed by atoms with Crippen molar-refractivity contribution in [1.82, 2.24) is 9.97 Å². The second-order valence-corrected chi connectivity index (χ2v) is 15.2. The van der Waals surface area contributed by atoms with Gasteiger partial charge in [-0.3, -0.25) is 0 Å². The Labute approximate surface area is 322 Å². The average Bonchev–Trinajstić information content (AvgIpc) is 3.63. The highest BCUT2D eigenvalue weighted by Gasteiger charge is 2.18. The van der Waals surface area contributed by atoms with E-state index in [0.29, 0.717) is 0 Å². The molecule has 0 saturated heterocycles. The van der Waals surface area contributed by atoms with E-state index in [1.165, 1.54) is 64.8 Å². The Kier molecular flexibility index (Phi) is 7.39. The molecule has 256 valence electrons. The number of benzene rings is 9. The van der Waals surface area contributed by atoms with Crippen molar-refractivity contribution in [3.05, 3.63) is 194 Å². The molecule has 0 fully saturated rings. The Morgan fingerprint density at radius 2 is 0.709 bits per heavy atom. The lowest BCUT2D eigenvalue weighted by Gasteiger charge is -2.13. The summed E-state index contributed by atoms with van der Waals surface area (Å²) in [4.78, 5) is 11.8. The monoisotopic (exact) mass is 716 g/mol. The van der Waals surface area contributed by atoms with Gasteiger partial charge in [-0.25, -0.2) is 9.97 Å². The van der Waals surface area contributed by atoms with Crippen molar-refractivity contribution in [2.75, 3.05) is 0 Å². The highest BCUT2D eigenvalue weighted by atomic mass is 32.1. The second-order valence-electron chi connectivity index (χ2n) is 14.1. The quantitative estimate of drug-likeness (QED) is 0.166. The van der Waals surface area contributed by atoms with E-state index >= 15 is 0 Å². The maximum atomic E-state index is 5.52. The first-order valence-electron chi connectivity index (χ1n) is 18.6. The standard InChI is InChI=1S/C52H32N2S/c1-3-13-33(14-4-1)35-17-11-18-36(29-35)39-26-28-48-47(32-39)51-52(55-48)54-49(34-15-5-2-6-16-34)50(53-51)40-20-12-19-37(30-40)38-25-27-45-43-23-8-7-21-41(43)42-22-9-10-24-44(42)46(45)31-38/h1-32H. The Balaban J connectivity index is 1.07. The first-order valence-corrected chi connectivity index (χ1v) is 19.5. The van der Waals surface area contributed by atoms with Gasteiger partial charge in [-0.1, -0.05) is 164 Å². The molecule has 2 aromatic heterocycles. The number of thiophene rings is 1. The van der Waals surface area contributed by atoms with Crippen LogP contribution in [0.2, 0.25) is 0 Å². The Hall–Kier alpha value is -6.94. The first-order chi connectivity index (χ1) is 27.2. The SMILES string of the molecule is c1ccc(-c2cccc(-c3ccc4sc5nc(-c6ccccc6)c(-c6cccc(-c7ccc8c9ccccc9c9ccccc9c8c7)c6)nc5c4c3)c2)cc1. The first kappa shape index (κ1) is 31.6. The van der Waals surface area contributed by atoms with Crippen LogP contribution >= 0.6 is 11.3 Å². The Morgan fingerprint density at radius 1 is 0.273 bits per heavy atom. The van der Waals surface area contributed by atoms with Crippen molar-refractivity contribution in [1.29, 1.82) is 0 Å². The molecule has 55 heavy (non-hydrogen) atoms. The normalized spacial score (nSPS) is 11.6. The molecule has 0 aliphatic rings. The van der Waals surface area contributed by atoms with Gasteiger partial charge in [0, 0.05) is 21.2 Å². The van der Waals surface area contributed by atoms with Crippen LogP contribution in [-0.4, -0.2) is 9.97 Å². The van der Waals surface area contributed by atoms with E-state index in [2.05, 4.69) is 194 Å². The lowest BCUT2D eigenvalue weighted by Crippen LogP contribution is -1.94. The molecule has 0 unspecified atom stereocenters. The molecule has 0 aliphatic heterocycles. The minimum Gasteiger partial charge on any atom is -0.242 e. The van der Waals surface area contributed by atoms with Crippen LogP contribution in [-0.2, 0) is 0 Å². The summed E-state index contributed by atoms with van der Waals surface area (Å²) in [5.41, 5.74) is 11.9. The van der Waals surface area contributed by atoms with Crippen molar-refractivity contribution in [3.8, 4) is 55.9 Å². The van der Waals surface area contributed by atoms with Crippen LogP contribution in [0.25, 0.3) is 109 Å². The molecule has 11 aromatic rings. The molecule has 0 amide bonds. The predicted molar refractivity (Wildman–Crippen MR) is 235 cm³/mol. The second kappa shape index (κ2) is 12.9. The van der Waals surface area contributed by atoms with Crippen LogP contribution in [0.5, 0.6) is 0 Å². The van der Waals surface area contributed by atoms with Crippen molar-refractivity contribution in [2.45, 2.75) is 0 Å². The number of hydrogen-bond acceptors (Lipinski definition) is 3. The smallest absolute Gasteiger partial charge is 0.143 e. The minimum absolute atomic E-state index is 0.883. The van der Waals surface area contributed by atoms with E-state index in [1.54, 1.807) is 11.3 Å². The molecule has 0 bridgehead atoms. The molecule has 3 heteroatoms. The van der Waals surface area contributed by atoms with Gasteiger partial charge in [0.1, 0.15) is 10.3 Å². The third-order valence-electron chi connectivity index (χ3n) is 10.9. The third kappa shape index (κ3) is 5.40. The molecule has 2 heterocycles. The van der Waals surface area contributed by atoms with Gasteiger partial charge >= 0.3 is 0 Å². The zero-order valence-corrected chi connectivity index (χ0v) is 30.6.